The van der Waals surface area contributed by atoms with E-state index in [1.54, 1.807) is 0 Å². The van der Waals surface area contributed by atoms with Crippen molar-refractivity contribution in [3.05, 3.63) is 158 Å². The molecule has 0 saturated heterocycles. The van der Waals surface area contributed by atoms with E-state index in [9.17, 15) is 0 Å². The van der Waals surface area contributed by atoms with E-state index in [1.165, 1.54) is 54.2 Å². The van der Waals surface area contributed by atoms with Crippen LogP contribution in [-0.4, -0.2) is 9.38 Å². The quantitative estimate of drug-likeness (QED) is 0.193. The number of pyridine rings is 1. The van der Waals surface area contributed by atoms with Crippen LogP contribution in [0.1, 0.15) is 0 Å². The maximum absolute atomic E-state index is 5.37. The second kappa shape index (κ2) is 9.25. The molecule has 0 aliphatic carbocycles. The maximum Gasteiger partial charge on any atom is 0.146 e. The molecule has 2 nitrogen and oxygen atoms in total. The van der Waals surface area contributed by atoms with Crippen molar-refractivity contribution in [2.24, 2.45) is 0 Å². The highest BCUT2D eigenvalue weighted by Gasteiger charge is 2.21. The van der Waals surface area contributed by atoms with Gasteiger partial charge in [-0.15, -0.1) is 0 Å². The van der Waals surface area contributed by atoms with Crippen LogP contribution in [0.4, 0.5) is 0 Å². The summed E-state index contributed by atoms with van der Waals surface area (Å²) in [7, 11) is 0. The Balaban J connectivity index is 1.32. The average molecular weight is 571 g/mol. The highest BCUT2D eigenvalue weighted by atomic mass is 15.0. The molecule has 10 rings (SSSR count). The van der Waals surface area contributed by atoms with Gasteiger partial charge in [-0.05, 0) is 61.0 Å². The smallest absolute Gasteiger partial charge is 0.146 e. The molecule has 0 bridgehead atoms. The third-order valence-electron chi connectivity index (χ3n) is 9.51. The van der Waals surface area contributed by atoms with Crippen LogP contribution in [0.15, 0.2) is 158 Å². The molecule has 0 atom stereocenters. The van der Waals surface area contributed by atoms with Gasteiger partial charge in [0, 0.05) is 21.9 Å². The number of rotatable bonds is 3. The minimum Gasteiger partial charge on any atom is -0.291 e. The number of nitrogens with zero attached hydrogens (tertiary/aromatic N) is 2. The van der Waals surface area contributed by atoms with E-state index in [2.05, 4.69) is 162 Å². The lowest BCUT2D eigenvalue weighted by Crippen LogP contribution is -1.95. The lowest BCUT2D eigenvalue weighted by Gasteiger charge is -2.16. The molecule has 0 N–H and O–H groups in total. The Labute approximate surface area is 259 Å². The van der Waals surface area contributed by atoms with Crippen LogP contribution in [0.3, 0.4) is 0 Å². The van der Waals surface area contributed by atoms with Gasteiger partial charge in [-0.25, -0.2) is 4.98 Å². The van der Waals surface area contributed by atoms with E-state index in [-0.39, 0.29) is 0 Å². The molecule has 2 heterocycles. The largest absolute Gasteiger partial charge is 0.291 e. The van der Waals surface area contributed by atoms with E-state index < -0.39 is 0 Å². The average Bonchev–Trinajstić information content (AvgIpc) is 3.52. The molecule has 2 heteroatoms. The molecule has 2 aromatic heterocycles. The standard InChI is InChI=1S/C43H26N2/c1-3-10-30(11-4-1)41-42(31-12-5-2-6-13-31)45-38-25-22-32(26-37(38)34-16-7-8-17-36(34)43(45)44-41)33-23-20-29-19-18-27-14-9-15-28-21-24-35(33)40(29)39(27)28/h1-26H. The molecular formula is C43H26N2. The van der Waals surface area contributed by atoms with E-state index in [0.717, 1.165) is 39.1 Å². The molecule has 0 unspecified atom stereocenters. The van der Waals surface area contributed by atoms with Gasteiger partial charge >= 0.3 is 0 Å². The summed E-state index contributed by atoms with van der Waals surface area (Å²) in [6, 6.07) is 57.2. The van der Waals surface area contributed by atoms with Crippen LogP contribution in [0, 0.1) is 0 Å². The Hall–Kier alpha value is -5.99. The molecule has 0 saturated carbocycles. The highest BCUT2D eigenvalue weighted by molar-refractivity contribution is 6.25. The van der Waals surface area contributed by atoms with Crippen molar-refractivity contribution in [3.63, 3.8) is 0 Å². The minimum atomic E-state index is 0.978. The Morgan fingerprint density at radius 2 is 1.04 bits per heavy atom. The van der Waals surface area contributed by atoms with Crippen molar-refractivity contribution < 1.29 is 0 Å². The fourth-order valence-corrected chi connectivity index (χ4v) is 7.51. The number of benzene rings is 8. The number of aromatic nitrogens is 2. The second-order valence-corrected chi connectivity index (χ2v) is 11.9. The van der Waals surface area contributed by atoms with Gasteiger partial charge in [0.05, 0.1) is 16.9 Å². The monoisotopic (exact) mass is 570 g/mol. The molecule has 0 aliphatic heterocycles. The molecule has 0 fully saturated rings. The Morgan fingerprint density at radius 1 is 0.400 bits per heavy atom. The molecular weight excluding hydrogens is 544 g/mol. The van der Waals surface area contributed by atoms with Crippen LogP contribution in [0.2, 0.25) is 0 Å². The Kier molecular flexibility index (Phi) is 5.03. The zero-order valence-electron chi connectivity index (χ0n) is 24.4. The van der Waals surface area contributed by atoms with Gasteiger partial charge < -0.3 is 0 Å². The zero-order valence-corrected chi connectivity index (χ0v) is 24.4. The lowest BCUT2D eigenvalue weighted by atomic mass is 9.89. The van der Waals surface area contributed by atoms with Gasteiger partial charge in [0.25, 0.3) is 0 Å². The SMILES string of the molecule is c1ccc(-c2nc3c4ccccc4c4cc(-c5ccc6ccc7cccc8ccc5c6c78)ccc4n3c2-c2ccccc2)cc1. The third kappa shape index (κ3) is 3.48. The second-order valence-electron chi connectivity index (χ2n) is 11.9. The summed E-state index contributed by atoms with van der Waals surface area (Å²) >= 11 is 0. The first-order valence-electron chi connectivity index (χ1n) is 15.5. The summed E-state index contributed by atoms with van der Waals surface area (Å²) < 4.78 is 2.38. The van der Waals surface area contributed by atoms with Crippen molar-refractivity contribution in [3.8, 4) is 33.6 Å². The molecule has 8 aromatic carbocycles. The molecule has 0 radical (unpaired) electrons. The summed E-state index contributed by atoms with van der Waals surface area (Å²) in [6.45, 7) is 0. The van der Waals surface area contributed by atoms with Gasteiger partial charge in [0.2, 0.25) is 0 Å². The van der Waals surface area contributed by atoms with Crippen LogP contribution in [-0.2, 0) is 0 Å². The van der Waals surface area contributed by atoms with Crippen molar-refractivity contribution in [2.75, 3.05) is 0 Å². The predicted molar refractivity (Wildman–Crippen MR) is 190 cm³/mol. The van der Waals surface area contributed by atoms with Crippen LogP contribution >= 0.6 is 0 Å². The lowest BCUT2D eigenvalue weighted by molar-refractivity contribution is 1.27. The number of imidazole rings is 1. The Bertz CT molecular complexity index is 2720. The summed E-state index contributed by atoms with van der Waals surface area (Å²) in [4.78, 5) is 5.37. The molecule has 0 amide bonds. The van der Waals surface area contributed by atoms with E-state index in [0.29, 0.717) is 0 Å². The molecule has 0 aliphatic rings. The first-order chi connectivity index (χ1) is 22.3. The van der Waals surface area contributed by atoms with Crippen LogP contribution in [0.25, 0.3) is 93.3 Å². The number of hydrogen-bond donors (Lipinski definition) is 0. The van der Waals surface area contributed by atoms with Crippen LogP contribution < -0.4 is 0 Å². The highest BCUT2D eigenvalue weighted by Crippen LogP contribution is 2.42. The van der Waals surface area contributed by atoms with Gasteiger partial charge in [0.15, 0.2) is 0 Å². The number of hydrogen-bond acceptors (Lipinski definition) is 1. The van der Waals surface area contributed by atoms with E-state index in [4.69, 9.17) is 4.98 Å². The predicted octanol–water partition coefficient (Wildman–Crippen LogP) is 11.5. The molecule has 208 valence electrons. The maximum atomic E-state index is 5.37. The van der Waals surface area contributed by atoms with Gasteiger partial charge in [-0.3, -0.25) is 4.40 Å². The molecule has 0 spiro atoms. The first kappa shape index (κ1) is 24.5. The molecule has 10 aromatic rings. The summed E-state index contributed by atoms with van der Waals surface area (Å²) in [5, 5.41) is 11.4. The normalized spacial score (nSPS) is 12.0. The van der Waals surface area contributed by atoms with Crippen LogP contribution in [0.5, 0.6) is 0 Å². The summed E-state index contributed by atoms with van der Waals surface area (Å²) in [5.74, 6) is 0. The first-order valence-corrected chi connectivity index (χ1v) is 15.5. The third-order valence-corrected chi connectivity index (χ3v) is 9.51. The van der Waals surface area contributed by atoms with Crippen molar-refractivity contribution in [1.82, 2.24) is 9.38 Å². The van der Waals surface area contributed by atoms with Gasteiger partial charge in [-0.2, -0.15) is 0 Å². The molecule has 45 heavy (non-hydrogen) atoms. The van der Waals surface area contributed by atoms with Gasteiger partial charge in [-0.1, -0.05) is 146 Å². The summed E-state index contributed by atoms with van der Waals surface area (Å²) in [6.07, 6.45) is 0. The minimum absolute atomic E-state index is 0.978. The Morgan fingerprint density at radius 3 is 1.82 bits per heavy atom. The van der Waals surface area contributed by atoms with Gasteiger partial charge in [0.1, 0.15) is 5.65 Å². The van der Waals surface area contributed by atoms with Crippen molar-refractivity contribution in [2.45, 2.75) is 0 Å². The van der Waals surface area contributed by atoms with Crippen molar-refractivity contribution >= 4 is 59.6 Å². The number of fused-ring (bicyclic) bond motifs is 6. The zero-order chi connectivity index (χ0) is 29.5. The fraction of sp³-hybridized carbons (Fsp3) is 0. The van der Waals surface area contributed by atoms with E-state index in [1.807, 2.05) is 0 Å². The van der Waals surface area contributed by atoms with E-state index >= 15 is 0 Å². The van der Waals surface area contributed by atoms with Crippen molar-refractivity contribution in [1.29, 1.82) is 0 Å². The topological polar surface area (TPSA) is 17.3 Å². The summed E-state index contributed by atoms with van der Waals surface area (Å²) in [5.41, 5.74) is 8.97. The fourth-order valence-electron chi connectivity index (χ4n) is 7.51.